The summed E-state index contributed by atoms with van der Waals surface area (Å²) >= 11 is 0. The van der Waals surface area contributed by atoms with Gasteiger partial charge in [0.25, 0.3) is 5.91 Å². The molecule has 0 bridgehead atoms. The largest absolute Gasteiger partial charge is 0.490 e. The number of halogens is 3. The van der Waals surface area contributed by atoms with E-state index in [0.29, 0.717) is 5.75 Å². The Morgan fingerprint density at radius 3 is 2.49 bits per heavy atom. The second kappa shape index (κ2) is 11.7. The van der Waals surface area contributed by atoms with Crippen molar-refractivity contribution in [3.05, 3.63) is 71.4 Å². The number of nitrogens with zero attached hydrogens (tertiary/aromatic N) is 1. The number of hydroxylamine groups is 1. The average molecular weight is 546 g/mol. The maximum atomic E-state index is 13.0. The number of rotatable bonds is 7. The van der Waals surface area contributed by atoms with Crippen LogP contribution in [0, 0.1) is 12.8 Å². The molecule has 2 amide bonds. The number of benzene rings is 2. The Bertz CT molecular complexity index is 1360. The third kappa shape index (κ3) is 6.63. The lowest BCUT2D eigenvalue weighted by Crippen LogP contribution is -2.56. The third-order valence-corrected chi connectivity index (χ3v) is 6.51. The number of aromatic nitrogens is 1. The lowest BCUT2D eigenvalue weighted by molar-refractivity contribution is -0.208. The van der Waals surface area contributed by atoms with E-state index in [4.69, 9.17) is 9.94 Å². The standard InChI is InChI=1S/C27H26F3N3O6/c1-15-13-17(19-5-2-3-7-21(19)31-15)14-38-18-11-9-16(10-12-18)24(34)32-23-20(25(35)33-37)6-4-8-22(23)39-26(36)27(28,29)30/h2-3,5,7,9-13,20,22-23,37H,4,6,8,14H2,1H3,(H,32,34)(H,33,35)/t20-,22+,23-/m1/s1. The molecule has 1 aliphatic carbocycles. The number of esters is 1. The Morgan fingerprint density at radius 2 is 1.79 bits per heavy atom. The van der Waals surface area contributed by atoms with Gasteiger partial charge in [-0.3, -0.25) is 19.8 Å². The van der Waals surface area contributed by atoms with Crippen molar-refractivity contribution in [1.29, 1.82) is 0 Å². The smallest absolute Gasteiger partial charge is 0.489 e. The summed E-state index contributed by atoms with van der Waals surface area (Å²) in [5.74, 6) is -4.67. The van der Waals surface area contributed by atoms with Crippen LogP contribution < -0.4 is 15.5 Å². The number of carbonyl (C=O) groups is 3. The van der Waals surface area contributed by atoms with Gasteiger partial charge < -0.3 is 14.8 Å². The van der Waals surface area contributed by atoms with Crippen molar-refractivity contribution in [3.63, 3.8) is 0 Å². The lowest BCUT2D eigenvalue weighted by atomic mass is 9.81. The number of fused-ring (bicyclic) bond motifs is 1. The molecule has 1 aliphatic rings. The molecule has 4 rings (SSSR count). The molecule has 206 valence electrons. The van der Waals surface area contributed by atoms with Gasteiger partial charge in [0.15, 0.2) is 0 Å². The van der Waals surface area contributed by atoms with Crippen molar-refractivity contribution in [2.75, 3.05) is 0 Å². The van der Waals surface area contributed by atoms with E-state index < -0.39 is 42.0 Å². The summed E-state index contributed by atoms with van der Waals surface area (Å²) < 4.78 is 48.9. The van der Waals surface area contributed by atoms with E-state index in [0.717, 1.165) is 22.2 Å². The molecule has 3 atom stereocenters. The Kier molecular flexibility index (Phi) is 8.34. The van der Waals surface area contributed by atoms with Crippen molar-refractivity contribution < 1.29 is 42.2 Å². The molecule has 0 radical (unpaired) electrons. The zero-order valence-electron chi connectivity index (χ0n) is 20.8. The first-order valence-corrected chi connectivity index (χ1v) is 12.2. The van der Waals surface area contributed by atoms with Crippen LogP contribution in [0.15, 0.2) is 54.6 Å². The molecule has 12 heteroatoms. The molecule has 39 heavy (non-hydrogen) atoms. The minimum atomic E-state index is -5.24. The first-order chi connectivity index (χ1) is 18.6. The van der Waals surface area contributed by atoms with Crippen molar-refractivity contribution in [2.24, 2.45) is 5.92 Å². The number of alkyl halides is 3. The van der Waals surface area contributed by atoms with Crippen LogP contribution in [0.1, 0.15) is 40.9 Å². The van der Waals surface area contributed by atoms with E-state index in [2.05, 4.69) is 15.0 Å². The minimum absolute atomic E-state index is 0.00207. The monoisotopic (exact) mass is 545 g/mol. The molecule has 0 unspecified atom stereocenters. The fourth-order valence-corrected chi connectivity index (χ4v) is 4.68. The second-order valence-electron chi connectivity index (χ2n) is 9.21. The summed E-state index contributed by atoms with van der Waals surface area (Å²) in [5.41, 5.74) is 4.22. The maximum Gasteiger partial charge on any atom is 0.490 e. The quantitative estimate of drug-likeness (QED) is 0.233. The van der Waals surface area contributed by atoms with E-state index in [1.54, 1.807) is 12.1 Å². The topological polar surface area (TPSA) is 127 Å². The van der Waals surface area contributed by atoms with E-state index in [9.17, 15) is 27.6 Å². The summed E-state index contributed by atoms with van der Waals surface area (Å²) in [6, 6.07) is 14.3. The number of aryl methyl sites for hydroxylation is 1. The molecule has 1 aromatic heterocycles. The van der Waals surface area contributed by atoms with Crippen LogP contribution in [-0.2, 0) is 20.9 Å². The van der Waals surface area contributed by atoms with Crippen LogP contribution in [0.25, 0.3) is 10.9 Å². The van der Waals surface area contributed by atoms with Gasteiger partial charge in [0.2, 0.25) is 5.91 Å². The van der Waals surface area contributed by atoms with Crippen LogP contribution in [0.3, 0.4) is 0 Å². The molecule has 0 spiro atoms. The normalized spacial score (nSPS) is 19.3. The van der Waals surface area contributed by atoms with Crippen molar-refractivity contribution in [1.82, 2.24) is 15.8 Å². The molecule has 3 aromatic rings. The molecule has 1 saturated carbocycles. The van der Waals surface area contributed by atoms with Gasteiger partial charge in [-0.2, -0.15) is 13.2 Å². The molecule has 0 saturated heterocycles. The highest BCUT2D eigenvalue weighted by atomic mass is 19.4. The zero-order valence-corrected chi connectivity index (χ0v) is 20.8. The first kappa shape index (κ1) is 27.8. The van der Waals surface area contributed by atoms with Crippen LogP contribution in [0.5, 0.6) is 5.75 Å². The molecular weight excluding hydrogens is 519 g/mol. The Labute approximate surface area is 221 Å². The molecule has 2 aromatic carbocycles. The number of carbonyl (C=O) groups excluding carboxylic acids is 3. The number of ether oxygens (including phenoxy) is 2. The highest BCUT2D eigenvalue weighted by Crippen LogP contribution is 2.30. The van der Waals surface area contributed by atoms with Crippen molar-refractivity contribution in [3.8, 4) is 5.75 Å². The SMILES string of the molecule is Cc1cc(COc2ccc(C(=O)N[C@H]3[C@@H](OC(=O)C(F)(F)F)CCC[C@H]3C(=O)NO)cc2)c2ccccc2n1. The first-order valence-electron chi connectivity index (χ1n) is 12.2. The van der Waals surface area contributed by atoms with E-state index in [1.807, 2.05) is 37.3 Å². The number of amides is 2. The van der Waals surface area contributed by atoms with E-state index >= 15 is 0 Å². The Hall–Kier alpha value is -4.19. The number of pyridine rings is 1. The Balaban J connectivity index is 1.46. The third-order valence-electron chi connectivity index (χ3n) is 6.51. The van der Waals surface area contributed by atoms with Gasteiger partial charge in [-0.1, -0.05) is 18.2 Å². The van der Waals surface area contributed by atoms with Gasteiger partial charge in [-0.05, 0) is 62.6 Å². The van der Waals surface area contributed by atoms with Gasteiger partial charge in [0, 0.05) is 22.2 Å². The molecule has 1 fully saturated rings. The summed E-state index contributed by atoms with van der Waals surface area (Å²) in [5, 5.41) is 12.5. The highest BCUT2D eigenvalue weighted by Gasteiger charge is 2.46. The number of para-hydroxylation sites is 1. The molecular formula is C27H26F3N3O6. The number of nitrogens with one attached hydrogen (secondary N) is 2. The van der Waals surface area contributed by atoms with E-state index in [-0.39, 0.29) is 31.4 Å². The fraction of sp³-hybridized carbons (Fsp3) is 0.333. The van der Waals surface area contributed by atoms with Crippen LogP contribution in [-0.4, -0.2) is 46.3 Å². The number of hydrogen-bond donors (Lipinski definition) is 3. The summed E-state index contributed by atoms with van der Waals surface area (Å²) in [6.07, 6.45) is -6.25. The second-order valence-corrected chi connectivity index (χ2v) is 9.21. The zero-order chi connectivity index (χ0) is 28.2. The van der Waals surface area contributed by atoms with Crippen LogP contribution in [0.2, 0.25) is 0 Å². The van der Waals surface area contributed by atoms with Gasteiger partial charge in [-0.15, -0.1) is 0 Å². The van der Waals surface area contributed by atoms with Gasteiger partial charge in [-0.25, -0.2) is 10.3 Å². The Morgan fingerprint density at radius 1 is 1.08 bits per heavy atom. The summed E-state index contributed by atoms with van der Waals surface area (Å²) in [6.45, 7) is 2.14. The number of hydrogen-bond acceptors (Lipinski definition) is 7. The average Bonchev–Trinajstić information content (AvgIpc) is 2.91. The maximum absolute atomic E-state index is 13.0. The van der Waals surface area contributed by atoms with Gasteiger partial charge >= 0.3 is 12.1 Å². The highest BCUT2D eigenvalue weighted by molar-refractivity contribution is 5.95. The summed E-state index contributed by atoms with van der Waals surface area (Å²) in [4.78, 5) is 41.1. The van der Waals surface area contributed by atoms with Gasteiger partial charge in [0.05, 0.1) is 17.5 Å². The molecule has 9 nitrogen and oxygen atoms in total. The van der Waals surface area contributed by atoms with Crippen LogP contribution in [0.4, 0.5) is 13.2 Å². The van der Waals surface area contributed by atoms with E-state index in [1.165, 1.54) is 17.6 Å². The minimum Gasteiger partial charge on any atom is -0.489 e. The predicted octanol–water partition coefficient (Wildman–Crippen LogP) is 4.00. The predicted molar refractivity (Wildman–Crippen MR) is 132 cm³/mol. The van der Waals surface area contributed by atoms with Gasteiger partial charge in [0.1, 0.15) is 18.5 Å². The fourth-order valence-electron chi connectivity index (χ4n) is 4.68. The lowest BCUT2D eigenvalue weighted by Gasteiger charge is -2.36. The van der Waals surface area contributed by atoms with Crippen molar-refractivity contribution in [2.45, 2.75) is 51.1 Å². The summed E-state index contributed by atoms with van der Waals surface area (Å²) in [7, 11) is 0. The van der Waals surface area contributed by atoms with Crippen LogP contribution >= 0.6 is 0 Å². The molecule has 1 heterocycles. The molecule has 3 N–H and O–H groups in total. The molecule has 0 aliphatic heterocycles. The van der Waals surface area contributed by atoms with Crippen molar-refractivity contribution >= 4 is 28.7 Å².